The minimum Gasteiger partial charge on any atom is -0.480 e. The Morgan fingerprint density at radius 1 is 1.50 bits per heavy atom. The van der Waals surface area contributed by atoms with Gasteiger partial charge >= 0.3 is 5.97 Å². The van der Waals surface area contributed by atoms with Crippen LogP contribution in [-0.2, 0) is 9.53 Å². The molecular weight excluding hydrogens is 206 g/mol. The van der Waals surface area contributed by atoms with Crippen LogP contribution >= 0.6 is 0 Å². The van der Waals surface area contributed by atoms with Crippen molar-refractivity contribution < 1.29 is 14.6 Å². The van der Waals surface area contributed by atoms with Crippen LogP contribution in [0.15, 0.2) is 0 Å². The van der Waals surface area contributed by atoms with E-state index in [4.69, 9.17) is 9.84 Å². The van der Waals surface area contributed by atoms with Crippen molar-refractivity contribution in [2.45, 2.75) is 45.8 Å². The van der Waals surface area contributed by atoms with Gasteiger partial charge in [0, 0.05) is 13.1 Å². The van der Waals surface area contributed by atoms with Crippen molar-refractivity contribution in [2.24, 2.45) is 5.92 Å². The maximum atomic E-state index is 10.7. The molecule has 2 unspecified atom stereocenters. The predicted octanol–water partition coefficient (Wildman–Crippen LogP) is 1.60. The zero-order valence-corrected chi connectivity index (χ0v) is 10.5. The molecule has 0 radical (unpaired) electrons. The van der Waals surface area contributed by atoms with Gasteiger partial charge in [-0.25, -0.2) is 0 Å². The molecule has 4 nitrogen and oxygen atoms in total. The molecule has 1 heterocycles. The quantitative estimate of drug-likeness (QED) is 0.751. The Labute approximate surface area is 97.6 Å². The van der Waals surface area contributed by atoms with Crippen molar-refractivity contribution in [1.82, 2.24) is 4.90 Å². The molecule has 1 fully saturated rings. The highest BCUT2D eigenvalue weighted by molar-refractivity contribution is 5.69. The molecule has 1 aliphatic heterocycles. The minimum atomic E-state index is -0.758. The summed E-state index contributed by atoms with van der Waals surface area (Å²) in [5, 5.41) is 8.84. The second-order valence-electron chi connectivity index (χ2n) is 5.13. The van der Waals surface area contributed by atoms with E-state index in [2.05, 4.69) is 20.8 Å². The lowest BCUT2D eigenvalue weighted by molar-refractivity contribution is -0.138. The SMILES string of the molecule is CC(C)CN(CC(=O)O)CC1CCC(C)O1. The molecule has 1 aliphatic rings. The third-order valence-electron chi connectivity index (χ3n) is 2.76. The lowest BCUT2D eigenvalue weighted by Crippen LogP contribution is -2.38. The number of carboxylic acid groups (broad SMARTS) is 1. The lowest BCUT2D eigenvalue weighted by atomic mass is 10.1. The highest BCUT2D eigenvalue weighted by Gasteiger charge is 2.24. The Bertz CT molecular complexity index is 230. The molecule has 1 rings (SSSR count). The molecule has 4 heteroatoms. The van der Waals surface area contributed by atoms with Gasteiger partial charge < -0.3 is 9.84 Å². The molecule has 2 atom stereocenters. The van der Waals surface area contributed by atoms with Crippen molar-refractivity contribution in [2.75, 3.05) is 19.6 Å². The summed E-state index contributed by atoms with van der Waals surface area (Å²) in [6, 6.07) is 0. The fraction of sp³-hybridized carbons (Fsp3) is 0.917. The van der Waals surface area contributed by atoms with Gasteiger partial charge in [0.2, 0.25) is 0 Å². The highest BCUT2D eigenvalue weighted by Crippen LogP contribution is 2.20. The van der Waals surface area contributed by atoms with Crippen LogP contribution in [0.5, 0.6) is 0 Å². The smallest absolute Gasteiger partial charge is 0.317 e. The number of ether oxygens (including phenoxy) is 1. The van der Waals surface area contributed by atoms with Gasteiger partial charge in [-0.2, -0.15) is 0 Å². The summed E-state index contributed by atoms with van der Waals surface area (Å²) in [5.41, 5.74) is 0. The van der Waals surface area contributed by atoms with Crippen molar-refractivity contribution >= 4 is 5.97 Å². The average Bonchev–Trinajstić information content (AvgIpc) is 2.48. The van der Waals surface area contributed by atoms with Gasteiger partial charge in [-0.05, 0) is 25.7 Å². The summed E-state index contributed by atoms with van der Waals surface area (Å²) >= 11 is 0. The lowest BCUT2D eigenvalue weighted by Gasteiger charge is -2.25. The molecule has 0 aromatic rings. The molecule has 1 N–H and O–H groups in total. The molecule has 0 bridgehead atoms. The van der Waals surface area contributed by atoms with Gasteiger partial charge in [-0.3, -0.25) is 9.69 Å². The third-order valence-corrected chi connectivity index (χ3v) is 2.76. The van der Waals surface area contributed by atoms with E-state index in [1.54, 1.807) is 0 Å². The van der Waals surface area contributed by atoms with Crippen LogP contribution in [0.2, 0.25) is 0 Å². The normalized spacial score (nSPS) is 25.6. The number of carbonyl (C=O) groups is 1. The molecule has 0 aliphatic carbocycles. The summed E-state index contributed by atoms with van der Waals surface area (Å²) in [4.78, 5) is 12.7. The van der Waals surface area contributed by atoms with E-state index in [0.29, 0.717) is 12.0 Å². The first-order valence-corrected chi connectivity index (χ1v) is 6.07. The van der Waals surface area contributed by atoms with E-state index in [-0.39, 0.29) is 12.6 Å². The third kappa shape index (κ3) is 4.94. The summed E-state index contributed by atoms with van der Waals surface area (Å²) in [6.45, 7) is 7.96. The topological polar surface area (TPSA) is 49.8 Å². The molecule has 0 amide bonds. The van der Waals surface area contributed by atoms with Gasteiger partial charge in [-0.1, -0.05) is 13.8 Å². The van der Waals surface area contributed by atoms with Crippen molar-refractivity contribution in [3.63, 3.8) is 0 Å². The molecule has 94 valence electrons. The fourth-order valence-corrected chi connectivity index (χ4v) is 2.22. The van der Waals surface area contributed by atoms with E-state index < -0.39 is 5.97 Å². The summed E-state index contributed by atoms with van der Waals surface area (Å²) in [7, 11) is 0. The minimum absolute atomic E-state index is 0.117. The number of hydrogen-bond donors (Lipinski definition) is 1. The Hall–Kier alpha value is -0.610. The molecule has 1 saturated heterocycles. The zero-order chi connectivity index (χ0) is 12.1. The first kappa shape index (κ1) is 13.5. The van der Waals surface area contributed by atoms with Gasteiger partial charge in [0.05, 0.1) is 18.8 Å². The molecule has 0 aromatic heterocycles. The van der Waals surface area contributed by atoms with E-state index in [1.165, 1.54) is 0 Å². The van der Waals surface area contributed by atoms with E-state index >= 15 is 0 Å². The molecule has 0 spiro atoms. The van der Waals surface area contributed by atoms with E-state index in [9.17, 15) is 4.79 Å². The molecule has 0 saturated carbocycles. The van der Waals surface area contributed by atoms with Gasteiger partial charge in [0.1, 0.15) is 0 Å². The summed E-state index contributed by atoms with van der Waals surface area (Å²) in [5.74, 6) is -0.273. The Balaban J connectivity index is 2.39. The predicted molar refractivity (Wildman–Crippen MR) is 62.5 cm³/mol. The molecular formula is C12H23NO3. The van der Waals surface area contributed by atoms with Crippen LogP contribution in [0.3, 0.4) is 0 Å². The number of nitrogens with zero attached hydrogens (tertiary/aromatic N) is 1. The summed E-state index contributed by atoms with van der Waals surface area (Å²) < 4.78 is 5.72. The number of carboxylic acids is 1. The van der Waals surface area contributed by atoms with Gasteiger partial charge in [-0.15, -0.1) is 0 Å². The number of aliphatic carboxylic acids is 1. The van der Waals surface area contributed by atoms with Gasteiger partial charge in [0.15, 0.2) is 0 Å². The summed E-state index contributed by atoms with van der Waals surface area (Å²) in [6.07, 6.45) is 2.69. The average molecular weight is 229 g/mol. The number of hydrogen-bond acceptors (Lipinski definition) is 3. The standard InChI is InChI=1S/C12H23NO3/c1-9(2)6-13(8-12(14)15)7-11-5-4-10(3)16-11/h9-11H,4-8H2,1-3H3,(H,14,15). The van der Waals surface area contributed by atoms with Crippen LogP contribution in [0.4, 0.5) is 0 Å². The van der Waals surface area contributed by atoms with Gasteiger partial charge in [0.25, 0.3) is 0 Å². The van der Waals surface area contributed by atoms with Crippen molar-refractivity contribution in [1.29, 1.82) is 0 Å². The van der Waals surface area contributed by atoms with Crippen LogP contribution in [-0.4, -0.2) is 47.8 Å². The Morgan fingerprint density at radius 3 is 2.62 bits per heavy atom. The second-order valence-corrected chi connectivity index (χ2v) is 5.13. The molecule has 0 aromatic carbocycles. The number of rotatable bonds is 6. The van der Waals surface area contributed by atoms with Crippen molar-refractivity contribution in [3.8, 4) is 0 Å². The van der Waals surface area contributed by atoms with E-state index in [0.717, 1.165) is 25.9 Å². The van der Waals surface area contributed by atoms with Crippen LogP contribution < -0.4 is 0 Å². The highest BCUT2D eigenvalue weighted by atomic mass is 16.5. The second kappa shape index (κ2) is 6.21. The largest absolute Gasteiger partial charge is 0.480 e. The van der Waals surface area contributed by atoms with Crippen LogP contribution in [0.25, 0.3) is 0 Å². The Morgan fingerprint density at radius 2 is 2.19 bits per heavy atom. The molecule has 16 heavy (non-hydrogen) atoms. The van der Waals surface area contributed by atoms with Crippen LogP contribution in [0.1, 0.15) is 33.6 Å². The van der Waals surface area contributed by atoms with Crippen molar-refractivity contribution in [3.05, 3.63) is 0 Å². The first-order chi connectivity index (χ1) is 7.47. The Kier molecular flexibility index (Phi) is 5.22. The van der Waals surface area contributed by atoms with E-state index in [1.807, 2.05) is 4.90 Å². The monoisotopic (exact) mass is 229 g/mol. The van der Waals surface area contributed by atoms with Crippen LogP contribution in [0, 0.1) is 5.92 Å². The first-order valence-electron chi connectivity index (χ1n) is 6.07. The maximum Gasteiger partial charge on any atom is 0.317 e. The fourth-order valence-electron chi connectivity index (χ4n) is 2.22. The zero-order valence-electron chi connectivity index (χ0n) is 10.5. The maximum absolute atomic E-state index is 10.7.